The maximum Gasteiger partial charge on any atom is 0.145 e. The van der Waals surface area contributed by atoms with E-state index in [1.807, 2.05) is 6.92 Å². The number of halogens is 3. The molecule has 0 aliphatic heterocycles. The Balaban J connectivity index is 2.90. The van der Waals surface area contributed by atoms with Crippen molar-refractivity contribution in [1.82, 2.24) is 0 Å². The first-order valence-corrected chi connectivity index (χ1v) is 5.72. The molecule has 2 N–H and O–H groups in total. The van der Waals surface area contributed by atoms with Crippen LogP contribution in [0, 0.1) is 5.82 Å². The minimum absolute atomic E-state index is 0.0216. The summed E-state index contributed by atoms with van der Waals surface area (Å²) in [5.74, 6) is -0.546. The van der Waals surface area contributed by atoms with Crippen molar-refractivity contribution < 1.29 is 8.78 Å². The van der Waals surface area contributed by atoms with Gasteiger partial charge in [-0.1, -0.05) is 37.1 Å². The second-order valence-corrected chi connectivity index (χ2v) is 4.40. The molecule has 1 aromatic carbocycles. The van der Waals surface area contributed by atoms with Crippen LogP contribution in [0.3, 0.4) is 0 Å². The Hall–Kier alpha value is -0.670. The molecule has 0 heterocycles. The first-order chi connectivity index (χ1) is 7.52. The van der Waals surface area contributed by atoms with Gasteiger partial charge >= 0.3 is 0 Å². The minimum atomic E-state index is -1.54. The Kier molecular flexibility index (Phi) is 4.69. The van der Waals surface area contributed by atoms with E-state index in [4.69, 9.17) is 17.3 Å². The van der Waals surface area contributed by atoms with Crippen molar-refractivity contribution in [3.63, 3.8) is 0 Å². The Morgan fingerprint density at radius 1 is 1.44 bits per heavy atom. The van der Waals surface area contributed by atoms with Crippen LogP contribution in [-0.2, 0) is 6.42 Å². The number of rotatable bonds is 5. The molecule has 0 bridgehead atoms. The van der Waals surface area contributed by atoms with Crippen LogP contribution < -0.4 is 5.73 Å². The molecule has 0 fully saturated rings. The standard InChI is InChI=1S/C12H16ClF2N/c1-2-6-12(15,8-16)7-9-4-3-5-10(13)11(9)14/h3-5H,2,6-8,16H2,1H3. The zero-order valence-corrected chi connectivity index (χ0v) is 10.0. The zero-order chi connectivity index (χ0) is 12.2. The largest absolute Gasteiger partial charge is 0.328 e. The van der Waals surface area contributed by atoms with Crippen LogP contribution in [0.4, 0.5) is 8.78 Å². The van der Waals surface area contributed by atoms with Crippen molar-refractivity contribution in [1.29, 1.82) is 0 Å². The fraction of sp³-hybridized carbons (Fsp3) is 0.500. The van der Waals surface area contributed by atoms with Gasteiger partial charge in [-0.15, -0.1) is 0 Å². The SMILES string of the molecule is CCCC(F)(CN)Cc1cccc(Cl)c1F. The Bertz CT molecular complexity index is 357. The third-order valence-corrected chi connectivity index (χ3v) is 2.89. The number of nitrogens with two attached hydrogens (primary N) is 1. The summed E-state index contributed by atoms with van der Waals surface area (Å²) in [6.07, 6.45) is 0.981. The van der Waals surface area contributed by atoms with Gasteiger partial charge in [0.25, 0.3) is 0 Å². The van der Waals surface area contributed by atoms with Crippen LogP contribution in [0.25, 0.3) is 0 Å². The summed E-state index contributed by atoms with van der Waals surface area (Å²) in [5.41, 5.74) is 4.14. The Morgan fingerprint density at radius 2 is 2.12 bits per heavy atom. The lowest BCUT2D eigenvalue weighted by Gasteiger charge is -2.23. The first-order valence-electron chi connectivity index (χ1n) is 5.34. The molecule has 0 aliphatic carbocycles. The van der Waals surface area contributed by atoms with Crippen molar-refractivity contribution in [2.75, 3.05) is 6.54 Å². The molecule has 0 spiro atoms. The second-order valence-electron chi connectivity index (χ2n) is 3.99. The molecule has 0 aromatic heterocycles. The topological polar surface area (TPSA) is 26.0 Å². The van der Waals surface area contributed by atoms with Crippen molar-refractivity contribution in [2.24, 2.45) is 5.73 Å². The van der Waals surface area contributed by atoms with Gasteiger partial charge in [-0.3, -0.25) is 0 Å². The molecule has 0 saturated carbocycles. The molecule has 90 valence electrons. The molecule has 1 nitrogen and oxygen atoms in total. The quantitative estimate of drug-likeness (QED) is 0.847. The lowest BCUT2D eigenvalue weighted by atomic mass is 9.92. The van der Waals surface area contributed by atoms with Gasteiger partial charge in [-0.05, 0) is 18.1 Å². The predicted octanol–water partition coefficient (Wildman–Crippen LogP) is 3.49. The molecule has 1 aromatic rings. The highest BCUT2D eigenvalue weighted by Crippen LogP contribution is 2.26. The van der Waals surface area contributed by atoms with Crippen LogP contribution >= 0.6 is 11.6 Å². The van der Waals surface area contributed by atoms with Crippen LogP contribution in [0.5, 0.6) is 0 Å². The fourth-order valence-corrected chi connectivity index (χ4v) is 1.93. The van der Waals surface area contributed by atoms with Crippen molar-refractivity contribution in [2.45, 2.75) is 31.9 Å². The monoisotopic (exact) mass is 247 g/mol. The van der Waals surface area contributed by atoms with Crippen molar-refractivity contribution >= 4 is 11.6 Å². The van der Waals surface area contributed by atoms with Gasteiger partial charge in [0.2, 0.25) is 0 Å². The average molecular weight is 248 g/mol. The first kappa shape index (κ1) is 13.4. The smallest absolute Gasteiger partial charge is 0.145 e. The van der Waals surface area contributed by atoms with Crippen LogP contribution in [0.15, 0.2) is 18.2 Å². The van der Waals surface area contributed by atoms with Gasteiger partial charge < -0.3 is 5.73 Å². The molecular weight excluding hydrogens is 232 g/mol. The predicted molar refractivity (Wildman–Crippen MR) is 62.9 cm³/mol. The summed E-state index contributed by atoms with van der Waals surface area (Å²) >= 11 is 5.63. The van der Waals surface area contributed by atoms with Gasteiger partial charge in [-0.2, -0.15) is 0 Å². The summed E-state index contributed by atoms with van der Waals surface area (Å²) < 4.78 is 27.8. The highest BCUT2D eigenvalue weighted by atomic mass is 35.5. The Morgan fingerprint density at radius 3 is 2.69 bits per heavy atom. The highest BCUT2D eigenvalue weighted by Gasteiger charge is 2.28. The highest BCUT2D eigenvalue weighted by molar-refractivity contribution is 6.30. The van der Waals surface area contributed by atoms with E-state index >= 15 is 0 Å². The molecule has 4 heteroatoms. The second kappa shape index (κ2) is 5.60. The van der Waals surface area contributed by atoms with E-state index in [2.05, 4.69) is 0 Å². The van der Waals surface area contributed by atoms with Crippen LogP contribution in [0.1, 0.15) is 25.3 Å². The van der Waals surface area contributed by atoms with Gasteiger partial charge in [0.1, 0.15) is 11.5 Å². The number of hydrogen-bond acceptors (Lipinski definition) is 1. The molecule has 0 radical (unpaired) electrons. The third kappa shape index (κ3) is 3.16. The van der Waals surface area contributed by atoms with Gasteiger partial charge in [0.15, 0.2) is 0 Å². The summed E-state index contributed by atoms with van der Waals surface area (Å²) in [4.78, 5) is 0. The minimum Gasteiger partial charge on any atom is -0.328 e. The molecule has 0 amide bonds. The molecule has 1 unspecified atom stereocenters. The number of benzene rings is 1. The Labute approximate surface area is 99.6 Å². The summed E-state index contributed by atoms with van der Waals surface area (Å²) in [6.45, 7) is 1.77. The van der Waals surface area contributed by atoms with E-state index in [-0.39, 0.29) is 23.6 Å². The average Bonchev–Trinajstić information content (AvgIpc) is 2.25. The van der Waals surface area contributed by atoms with E-state index in [0.717, 1.165) is 0 Å². The number of alkyl halides is 1. The maximum atomic E-state index is 14.2. The van der Waals surface area contributed by atoms with E-state index in [1.54, 1.807) is 12.1 Å². The maximum absolute atomic E-state index is 14.2. The number of hydrogen-bond donors (Lipinski definition) is 1. The van der Waals surface area contributed by atoms with E-state index < -0.39 is 11.5 Å². The van der Waals surface area contributed by atoms with Gasteiger partial charge in [0.05, 0.1) is 5.02 Å². The summed E-state index contributed by atoms with van der Waals surface area (Å²) in [6, 6.07) is 4.60. The fourth-order valence-electron chi connectivity index (χ4n) is 1.74. The van der Waals surface area contributed by atoms with Gasteiger partial charge in [0, 0.05) is 13.0 Å². The van der Waals surface area contributed by atoms with Crippen molar-refractivity contribution in [3.8, 4) is 0 Å². The van der Waals surface area contributed by atoms with E-state index in [9.17, 15) is 8.78 Å². The molecule has 1 rings (SSSR count). The van der Waals surface area contributed by atoms with E-state index in [1.165, 1.54) is 6.07 Å². The third-order valence-electron chi connectivity index (χ3n) is 2.60. The van der Waals surface area contributed by atoms with E-state index in [0.29, 0.717) is 12.8 Å². The molecule has 0 aliphatic rings. The lowest BCUT2D eigenvalue weighted by Crippen LogP contribution is -2.35. The lowest BCUT2D eigenvalue weighted by molar-refractivity contribution is 0.157. The van der Waals surface area contributed by atoms with Gasteiger partial charge in [-0.25, -0.2) is 8.78 Å². The zero-order valence-electron chi connectivity index (χ0n) is 9.27. The van der Waals surface area contributed by atoms with Crippen LogP contribution in [-0.4, -0.2) is 12.2 Å². The van der Waals surface area contributed by atoms with Crippen molar-refractivity contribution in [3.05, 3.63) is 34.6 Å². The molecule has 0 saturated heterocycles. The normalized spacial score (nSPS) is 14.8. The summed E-state index contributed by atoms with van der Waals surface area (Å²) in [7, 11) is 0. The molecule has 1 atom stereocenters. The van der Waals surface area contributed by atoms with Crippen LogP contribution in [0.2, 0.25) is 5.02 Å². The molecule has 16 heavy (non-hydrogen) atoms. The molecular formula is C12H16ClF2N. The summed E-state index contributed by atoms with van der Waals surface area (Å²) in [5, 5.41) is 0.0216.